The van der Waals surface area contributed by atoms with Gasteiger partial charge in [-0.2, -0.15) is 0 Å². The van der Waals surface area contributed by atoms with Crippen LogP contribution in [0.15, 0.2) is 23.1 Å². The summed E-state index contributed by atoms with van der Waals surface area (Å²) in [6.07, 6.45) is 1.06. The van der Waals surface area contributed by atoms with E-state index in [0.29, 0.717) is 10.8 Å². The van der Waals surface area contributed by atoms with Gasteiger partial charge in [-0.05, 0) is 30.9 Å². The fourth-order valence-corrected chi connectivity index (χ4v) is 4.20. The molecule has 0 bridgehead atoms. The largest absolute Gasteiger partial charge is 0.481 e. The zero-order chi connectivity index (χ0) is 17.4. The van der Waals surface area contributed by atoms with Gasteiger partial charge in [0.25, 0.3) is 5.69 Å². The fraction of sp³-hybridized carbons (Fsp3) is 0.467. The number of carboxylic acids is 1. The van der Waals surface area contributed by atoms with Gasteiger partial charge < -0.3 is 15.1 Å². The van der Waals surface area contributed by atoms with Crippen molar-refractivity contribution in [2.24, 2.45) is 5.92 Å². The molecule has 3 rings (SSSR count). The first-order chi connectivity index (χ1) is 11.4. The molecule has 0 radical (unpaired) electrons. The number of nitro benzene ring substituents is 1. The highest BCUT2D eigenvalue weighted by Gasteiger charge is 2.44. The molecule has 1 aliphatic heterocycles. The van der Waals surface area contributed by atoms with E-state index in [1.165, 1.54) is 23.9 Å². The molecule has 2 atom stereocenters. The first kappa shape index (κ1) is 16.6. The van der Waals surface area contributed by atoms with Gasteiger partial charge in [0.1, 0.15) is 0 Å². The van der Waals surface area contributed by atoms with Crippen LogP contribution in [0.4, 0.5) is 10.5 Å². The lowest BCUT2D eigenvalue weighted by Gasteiger charge is -2.26. The normalized spacial score (nSPS) is 23.2. The van der Waals surface area contributed by atoms with Gasteiger partial charge in [0, 0.05) is 28.8 Å². The van der Waals surface area contributed by atoms with Crippen LogP contribution in [0.5, 0.6) is 0 Å². The zero-order valence-corrected chi connectivity index (χ0v) is 13.4. The number of amides is 1. The van der Waals surface area contributed by atoms with E-state index in [0.717, 1.165) is 22.6 Å². The summed E-state index contributed by atoms with van der Waals surface area (Å²) in [5.41, 5.74) is 0.264. The van der Waals surface area contributed by atoms with E-state index in [1.54, 1.807) is 6.07 Å². The lowest BCUT2D eigenvalue weighted by Crippen LogP contribution is -2.32. The highest BCUT2D eigenvalue weighted by molar-refractivity contribution is 8.00. The maximum Gasteiger partial charge on any atom is 0.407 e. The van der Waals surface area contributed by atoms with Crippen LogP contribution >= 0.6 is 11.8 Å². The van der Waals surface area contributed by atoms with Crippen LogP contribution < -0.4 is 0 Å². The average Bonchev–Trinajstić information content (AvgIpc) is 3.21. The van der Waals surface area contributed by atoms with Gasteiger partial charge in [0.05, 0.1) is 16.9 Å². The molecular formula is C15H16N2O6S. The second kappa shape index (κ2) is 6.31. The zero-order valence-electron chi connectivity index (χ0n) is 12.6. The molecule has 2 fully saturated rings. The van der Waals surface area contributed by atoms with Crippen LogP contribution in [-0.4, -0.2) is 43.9 Å². The Kier molecular flexibility index (Phi) is 4.35. The number of benzene rings is 1. The van der Waals surface area contributed by atoms with Crippen molar-refractivity contribution in [3.8, 4) is 0 Å². The number of hydrogen-bond acceptors (Lipinski definition) is 5. The van der Waals surface area contributed by atoms with E-state index in [4.69, 9.17) is 0 Å². The molecular weight excluding hydrogens is 336 g/mol. The summed E-state index contributed by atoms with van der Waals surface area (Å²) in [4.78, 5) is 35.4. The number of likely N-dealkylation sites (tertiary alicyclic amines) is 1. The summed E-state index contributed by atoms with van der Waals surface area (Å²) in [5, 5.41) is 30.4. The topological polar surface area (TPSA) is 121 Å². The summed E-state index contributed by atoms with van der Waals surface area (Å²) >= 11 is 1.54. The molecule has 2 aliphatic rings. The van der Waals surface area contributed by atoms with Gasteiger partial charge in [0.15, 0.2) is 0 Å². The number of carboxylic acid groups (broad SMARTS) is 2. The van der Waals surface area contributed by atoms with Crippen LogP contribution in [0, 0.1) is 16.0 Å². The van der Waals surface area contributed by atoms with E-state index >= 15 is 0 Å². The molecule has 0 unspecified atom stereocenters. The first-order valence-corrected chi connectivity index (χ1v) is 8.44. The monoisotopic (exact) mass is 352 g/mol. The SMILES string of the molecule is O=C(O)[C@H]1CCN(C(=O)O)[C@H]1c1cc([N+](=O)[O-])ccc1SC1CC1. The minimum Gasteiger partial charge on any atom is -0.481 e. The molecule has 1 aromatic carbocycles. The Morgan fingerprint density at radius 2 is 1.96 bits per heavy atom. The number of carbonyl (C=O) groups is 2. The third-order valence-corrected chi connectivity index (χ3v) is 5.73. The molecule has 1 amide bonds. The molecule has 2 N–H and O–H groups in total. The smallest absolute Gasteiger partial charge is 0.407 e. The van der Waals surface area contributed by atoms with Gasteiger partial charge in [-0.25, -0.2) is 4.79 Å². The van der Waals surface area contributed by atoms with Crippen LogP contribution in [0.2, 0.25) is 0 Å². The van der Waals surface area contributed by atoms with Crippen molar-refractivity contribution >= 4 is 29.5 Å². The quantitative estimate of drug-likeness (QED) is 0.617. The number of non-ortho nitro benzene ring substituents is 1. The maximum atomic E-state index is 11.6. The summed E-state index contributed by atoms with van der Waals surface area (Å²) in [5.74, 6) is -1.99. The molecule has 1 saturated carbocycles. The maximum absolute atomic E-state index is 11.6. The highest BCUT2D eigenvalue weighted by Crippen LogP contribution is 2.47. The van der Waals surface area contributed by atoms with Crippen molar-refractivity contribution in [2.45, 2.75) is 35.4 Å². The number of nitro groups is 1. The molecule has 1 heterocycles. The number of hydrogen-bond donors (Lipinski definition) is 2. The molecule has 0 spiro atoms. The number of thioether (sulfide) groups is 1. The average molecular weight is 352 g/mol. The lowest BCUT2D eigenvalue weighted by molar-refractivity contribution is -0.385. The summed E-state index contributed by atoms with van der Waals surface area (Å²) in [7, 11) is 0. The third-order valence-electron chi connectivity index (χ3n) is 4.30. The molecule has 1 aromatic rings. The number of rotatable bonds is 5. The molecule has 1 saturated heterocycles. The van der Waals surface area contributed by atoms with E-state index in [-0.39, 0.29) is 18.7 Å². The number of aliphatic carboxylic acids is 1. The highest BCUT2D eigenvalue weighted by atomic mass is 32.2. The Balaban J connectivity index is 2.07. The fourth-order valence-electron chi connectivity index (χ4n) is 3.00. The number of nitrogens with zero attached hydrogens (tertiary/aromatic N) is 2. The minimum absolute atomic E-state index is 0.104. The third kappa shape index (κ3) is 3.16. The van der Waals surface area contributed by atoms with E-state index in [1.807, 2.05) is 0 Å². The summed E-state index contributed by atoms with van der Waals surface area (Å²) < 4.78 is 0. The van der Waals surface area contributed by atoms with Gasteiger partial charge >= 0.3 is 12.1 Å². The molecule has 9 heteroatoms. The summed E-state index contributed by atoms with van der Waals surface area (Å²) in [6.45, 7) is 0.104. The van der Waals surface area contributed by atoms with E-state index in [9.17, 15) is 29.9 Å². The Morgan fingerprint density at radius 1 is 1.25 bits per heavy atom. The first-order valence-electron chi connectivity index (χ1n) is 7.56. The Hall–Kier alpha value is -2.29. The predicted molar refractivity (Wildman–Crippen MR) is 85.2 cm³/mol. The molecule has 8 nitrogen and oxygen atoms in total. The Morgan fingerprint density at radius 3 is 2.50 bits per heavy atom. The lowest BCUT2D eigenvalue weighted by atomic mass is 9.93. The van der Waals surface area contributed by atoms with Crippen LogP contribution in [-0.2, 0) is 4.79 Å². The van der Waals surface area contributed by atoms with Gasteiger partial charge in [-0.15, -0.1) is 11.8 Å². The minimum atomic E-state index is -1.21. The molecule has 1 aliphatic carbocycles. The Bertz CT molecular complexity index is 683. The van der Waals surface area contributed by atoms with Gasteiger partial charge in [0.2, 0.25) is 0 Å². The van der Waals surface area contributed by atoms with Crippen molar-refractivity contribution < 1.29 is 24.7 Å². The molecule has 24 heavy (non-hydrogen) atoms. The van der Waals surface area contributed by atoms with E-state index < -0.39 is 28.9 Å². The van der Waals surface area contributed by atoms with Gasteiger partial charge in [-0.1, -0.05) is 0 Å². The molecule has 128 valence electrons. The van der Waals surface area contributed by atoms with Crippen LogP contribution in [0.25, 0.3) is 0 Å². The van der Waals surface area contributed by atoms with Crippen molar-refractivity contribution in [3.05, 3.63) is 33.9 Å². The second-order valence-corrected chi connectivity index (χ2v) is 7.29. The van der Waals surface area contributed by atoms with Crippen molar-refractivity contribution in [3.63, 3.8) is 0 Å². The van der Waals surface area contributed by atoms with Crippen molar-refractivity contribution in [1.82, 2.24) is 4.90 Å². The van der Waals surface area contributed by atoms with Crippen LogP contribution in [0.1, 0.15) is 30.9 Å². The van der Waals surface area contributed by atoms with Crippen LogP contribution in [0.3, 0.4) is 0 Å². The van der Waals surface area contributed by atoms with Crippen molar-refractivity contribution in [2.75, 3.05) is 6.54 Å². The second-order valence-electron chi connectivity index (χ2n) is 5.95. The van der Waals surface area contributed by atoms with Gasteiger partial charge in [-0.3, -0.25) is 14.9 Å². The van der Waals surface area contributed by atoms with Crippen molar-refractivity contribution in [1.29, 1.82) is 0 Å². The standard InChI is InChI=1S/C15H16N2O6S/c18-14(19)10-5-6-16(15(20)21)13(10)11-7-8(17(22)23)1-4-12(11)24-9-2-3-9/h1,4,7,9-10,13H,2-3,5-6H2,(H,18,19)(H,20,21)/t10-,13+/m0/s1. The van der Waals surface area contributed by atoms with E-state index in [2.05, 4.69) is 0 Å². The predicted octanol–water partition coefficient (Wildman–Crippen LogP) is 2.97. The summed E-state index contributed by atoms with van der Waals surface area (Å²) in [6, 6.07) is 3.41. The Labute approximate surface area is 141 Å². The molecule has 0 aromatic heterocycles.